The fraction of sp³-hybridized carbons (Fsp3) is 0.250. The van der Waals surface area contributed by atoms with Gasteiger partial charge in [-0.2, -0.15) is 0 Å². The second-order valence-electron chi connectivity index (χ2n) is 5.71. The third-order valence-corrected chi connectivity index (χ3v) is 3.63. The van der Waals surface area contributed by atoms with Crippen LogP contribution < -0.4 is 44.7 Å². The number of carboxylic acid groups (broad SMARTS) is 1. The molecule has 0 aliphatic heterocycles. The van der Waals surface area contributed by atoms with Crippen LogP contribution in [-0.2, 0) is 4.79 Å². The summed E-state index contributed by atoms with van der Waals surface area (Å²) in [6, 6.07) is 16.7. The van der Waals surface area contributed by atoms with Gasteiger partial charge in [-0.3, -0.25) is 0 Å². The van der Waals surface area contributed by atoms with Crippen molar-refractivity contribution >= 4 is 12.0 Å². The zero-order valence-electron chi connectivity index (χ0n) is 15.1. The van der Waals surface area contributed by atoms with Crippen LogP contribution in [0.25, 0.3) is 6.08 Å². The van der Waals surface area contributed by atoms with E-state index in [4.69, 9.17) is 4.74 Å². The van der Waals surface area contributed by atoms with E-state index in [9.17, 15) is 15.0 Å². The molecule has 0 spiro atoms. The number of carbonyl (C=O) groups is 1. The van der Waals surface area contributed by atoms with Crippen LogP contribution in [0, 0.1) is 0 Å². The van der Waals surface area contributed by atoms with Crippen LogP contribution in [0.2, 0.25) is 0 Å². The summed E-state index contributed by atoms with van der Waals surface area (Å²) in [6.07, 6.45) is 3.40. The van der Waals surface area contributed by atoms with Crippen LogP contribution in [0.5, 0.6) is 5.75 Å². The Hall–Kier alpha value is -1.63. The largest absolute Gasteiger partial charge is 1.00 e. The molecule has 2 aromatic rings. The van der Waals surface area contributed by atoms with Crippen molar-refractivity contribution in [2.45, 2.75) is 19.1 Å². The summed E-state index contributed by atoms with van der Waals surface area (Å²) in [5.74, 6) is -0.764. The minimum absolute atomic E-state index is 0. The first kappa shape index (κ1) is 22.4. The zero-order chi connectivity index (χ0) is 18.1. The number of ether oxygens (including phenoxy) is 1. The molecule has 0 saturated heterocycles. The topological polar surface area (TPSA) is 81.6 Å². The number of rotatable bonds is 9. The molecule has 132 valence electrons. The second-order valence-corrected chi connectivity index (χ2v) is 5.71. The summed E-state index contributed by atoms with van der Waals surface area (Å²) in [4.78, 5) is 10.3. The number of hydrogen-bond donors (Lipinski definition) is 2. The number of carboxylic acids is 1. The average Bonchev–Trinajstić information content (AvgIpc) is 2.64. The molecule has 6 heteroatoms. The van der Waals surface area contributed by atoms with Crippen molar-refractivity contribution in [2.75, 3.05) is 13.2 Å². The van der Waals surface area contributed by atoms with Crippen molar-refractivity contribution in [3.05, 3.63) is 71.8 Å². The van der Waals surface area contributed by atoms with Gasteiger partial charge in [0.2, 0.25) is 0 Å². The van der Waals surface area contributed by atoms with Gasteiger partial charge in [-0.25, -0.2) is 0 Å². The van der Waals surface area contributed by atoms with E-state index in [1.807, 2.05) is 61.5 Å². The first-order chi connectivity index (χ1) is 12.0. The van der Waals surface area contributed by atoms with Crippen LogP contribution >= 0.6 is 0 Å². The molecule has 0 aromatic heterocycles. The minimum atomic E-state index is -1.25. The number of aliphatic hydroxyl groups is 1. The van der Waals surface area contributed by atoms with E-state index in [0.717, 1.165) is 11.1 Å². The van der Waals surface area contributed by atoms with Crippen LogP contribution in [0.1, 0.15) is 24.2 Å². The Morgan fingerprint density at radius 2 is 1.85 bits per heavy atom. The molecule has 0 saturated carbocycles. The van der Waals surface area contributed by atoms with E-state index < -0.39 is 18.7 Å². The van der Waals surface area contributed by atoms with Gasteiger partial charge in [0, 0.05) is 12.6 Å². The molecule has 26 heavy (non-hydrogen) atoms. The third kappa shape index (κ3) is 8.17. The van der Waals surface area contributed by atoms with Crippen LogP contribution in [0.15, 0.2) is 60.7 Å². The van der Waals surface area contributed by atoms with Crippen molar-refractivity contribution < 1.29 is 49.3 Å². The minimum Gasteiger partial charge on any atom is -0.546 e. The summed E-state index contributed by atoms with van der Waals surface area (Å²) >= 11 is 0. The van der Waals surface area contributed by atoms with Crippen molar-refractivity contribution in [1.82, 2.24) is 5.32 Å². The van der Waals surface area contributed by atoms with Gasteiger partial charge < -0.3 is 25.1 Å². The normalized spacial score (nSPS) is 13.0. The maximum atomic E-state index is 10.3. The van der Waals surface area contributed by atoms with Crippen molar-refractivity contribution in [1.29, 1.82) is 0 Å². The zero-order valence-corrected chi connectivity index (χ0v) is 17.1. The van der Waals surface area contributed by atoms with E-state index in [0.29, 0.717) is 12.3 Å². The Labute approximate surface area is 176 Å². The Bertz CT molecular complexity index is 689. The predicted molar refractivity (Wildman–Crippen MR) is 94.8 cm³/mol. The number of benzene rings is 2. The molecule has 0 amide bonds. The fourth-order valence-corrected chi connectivity index (χ4v) is 2.23. The summed E-state index contributed by atoms with van der Waals surface area (Å²) < 4.78 is 5.03. The van der Waals surface area contributed by atoms with Gasteiger partial charge >= 0.3 is 29.6 Å². The first-order valence-electron chi connectivity index (χ1n) is 8.12. The van der Waals surface area contributed by atoms with Gasteiger partial charge in [0.05, 0.1) is 12.1 Å². The van der Waals surface area contributed by atoms with Crippen molar-refractivity contribution in [2.24, 2.45) is 0 Å². The summed E-state index contributed by atoms with van der Waals surface area (Å²) in [5.41, 5.74) is 1.86. The number of carbonyl (C=O) groups excluding carboxylic acids is 1. The van der Waals surface area contributed by atoms with Crippen molar-refractivity contribution in [3.8, 4) is 5.75 Å². The van der Waals surface area contributed by atoms with Crippen LogP contribution in [0.4, 0.5) is 0 Å². The molecule has 2 aromatic carbocycles. The maximum Gasteiger partial charge on any atom is 1.00 e. The number of nitrogens with one attached hydrogen (secondary N) is 1. The molecule has 0 heterocycles. The fourth-order valence-electron chi connectivity index (χ4n) is 2.23. The van der Waals surface area contributed by atoms with Gasteiger partial charge in [0.15, 0.2) is 0 Å². The third-order valence-electron chi connectivity index (χ3n) is 3.63. The SMILES string of the molecule is C[C@H](/C=C/c1ccc(OCC(=O)[O-])cc1)NC[C@H](O)c1ccccc1.[Na+]. The number of aliphatic hydroxyl groups excluding tert-OH is 1. The smallest absolute Gasteiger partial charge is 0.546 e. The molecule has 0 radical (unpaired) electrons. The Balaban J connectivity index is 0.00000338. The molecule has 2 atom stereocenters. The summed E-state index contributed by atoms with van der Waals surface area (Å²) in [7, 11) is 0. The van der Waals surface area contributed by atoms with E-state index >= 15 is 0 Å². The van der Waals surface area contributed by atoms with Gasteiger partial charge in [-0.15, -0.1) is 0 Å². The Kier molecular flexibility index (Phi) is 10.2. The quantitative estimate of drug-likeness (QED) is 0.533. The molecule has 2 N–H and O–H groups in total. The monoisotopic (exact) mass is 363 g/mol. The van der Waals surface area contributed by atoms with E-state index in [2.05, 4.69) is 5.32 Å². The van der Waals surface area contributed by atoms with Gasteiger partial charge in [0.25, 0.3) is 0 Å². The van der Waals surface area contributed by atoms with E-state index in [1.54, 1.807) is 12.1 Å². The summed E-state index contributed by atoms with van der Waals surface area (Å²) in [5, 5.41) is 23.7. The molecule has 0 aliphatic rings. The number of aliphatic carboxylic acids is 1. The molecular weight excluding hydrogens is 341 g/mol. The summed E-state index contributed by atoms with van der Waals surface area (Å²) in [6.45, 7) is 2.01. The Morgan fingerprint density at radius 3 is 2.46 bits per heavy atom. The van der Waals surface area contributed by atoms with Crippen molar-refractivity contribution in [3.63, 3.8) is 0 Å². The van der Waals surface area contributed by atoms with Gasteiger partial charge in [0.1, 0.15) is 12.4 Å². The number of hydrogen-bond acceptors (Lipinski definition) is 5. The van der Waals surface area contributed by atoms with E-state index in [1.165, 1.54) is 0 Å². The average molecular weight is 363 g/mol. The van der Waals surface area contributed by atoms with Gasteiger partial charge in [-0.1, -0.05) is 54.6 Å². The molecule has 5 nitrogen and oxygen atoms in total. The predicted octanol–water partition coefficient (Wildman–Crippen LogP) is -1.46. The Morgan fingerprint density at radius 1 is 1.19 bits per heavy atom. The van der Waals surface area contributed by atoms with Crippen LogP contribution in [0.3, 0.4) is 0 Å². The molecule has 0 bridgehead atoms. The van der Waals surface area contributed by atoms with Crippen LogP contribution in [-0.4, -0.2) is 30.3 Å². The molecular formula is C20H22NNaO4. The molecule has 0 unspecified atom stereocenters. The van der Waals surface area contributed by atoms with Gasteiger partial charge in [-0.05, 0) is 30.2 Å². The molecule has 0 fully saturated rings. The first-order valence-corrected chi connectivity index (χ1v) is 8.12. The molecule has 0 aliphatic carbocycles. The standard InChI is InChI=1S/C20H23NO4.Na/c1-15(21-13-19(22)17-5-3-2-4-6-17)7-8-16-9-11-18(12-10-16)25-14-20(23)24;/h2-12,15,19,21-22H,13-14H2,1H3,(H,23,24);/q;+1/p-1/b8-7+;/t15-,19+;/m1./s1. The molecule has 2 rings (SSSR count). The van der Waals surface area contributed by atoms with E-state index in [-0.39, 0.29) is 35.6 Å². The second kappa shape index (κ2) is 11.9. The maximum absolute atomic E-state index is 10.3.